The Morgan fingerprint density at radius 2 is 1.55 bits per heavy atom. The topological polar surface area (TPSA) is 279 Å². The van der Waals surface area contributed by atoms with Crippen LogP contribution < -0.4 is 14.9 Å². The normalized spacial score (nSPS) is 16.8. The molecule has 4 N–H and O–H groups in total. The summed E-state index contributed by atoms with van der Waals surface area (Å²) in [5.74, 6) is -13.1. The van der Waals surface area contributed by atoms with Gasteiger partial charge in [0.05, 0.1) is 33.9 Å². The first-order chi connectivity index (χ1) is 35.8. The molecule has 7 rings (SSSR count). The summed E-state index contributed by atoms with van der Waals surface area (Å²) in [5.41, 5.74) is -6.87. The predicted octanol–water partition coefficient (Wildman–Crippen LogP) is 5.85. The Morgan fingerprint density at radius 1 is 0.923 bits per heavy atom. The van der Waals surface area contributed by atoms with E-state index < -0.39 is 196 Å². The number of aliphatic carboxylic acids is 2. The largest absolute Gasteiger partial charge is 0.480 e. The van der Waals surface area contributed by atoms with E-state index in [9.17, 15) is 81.0 Å². The molecule has 0 saturated heterocycles. The van der Waals surface area contributed by atoms with E-state index in [4.69, 9.17) is 16.7 Å². The standard InChI is InChI=1S/C45H37ClF10N8O12S2/c1-42(2,77(3,72)73)10-9-22-5-6-23(24-7-8-27(46)32-34(24)63(18-43(49,50)51)61-37(32)64(78(4,74)75)41(71)59-29(38(66)67)17-76-40(70)39(68)69)33(57-22)28(13-19-11-20(47)14-21(48)12-19)58-30(65)16-62-36-31(35(60-62)45(54,55)56)25-15-26(25)44(36,52)53/h5-8,11-12,14,25-26,28-29H,13,15-18H2,1-4H3,(H,58,65)(H,59,71)(H,66,67)(H,68,69)/t25-,26+,28?,29?/m0/s1. The summed E-state index contributed by atoms with van der Waals surface area (Å²) in [6.07, 6.45) is -10.6. The number of hydrogen-bond acceptors (Lipinski definition) is 13. The molecule has 33 heteroatoms. The Hall–Kier alpha value is -7.53. The number of rotatable bonds is 15. The SMILES string of the molecule is CC(C)(C#Cc1ccc(-c2ccc(Cl)c3c(N(C(=O)NC(COC(=O)C(=O)O)C(=O)O)S(C)(=O)=O)nn(CC(F)(F)F)c23)c(C(Cc2cc(F)cc(F)c2)NC(=O)Cn2nc(C(F)(F)F)c3c2C(F)(F)[C@@H]2C[C@H]32)n1)S(C)(=O)=O. The fraction of sp³-hybridized carbons (Fsp3) is 0.378. The second-order valence-corrected chi connectivity index (χ2v) is 23.1. The quantitative estimate of drug-likeness (QED) is 0.0414. The van der Waals surface area contributed by atoms with Crippen LogP contribution in [0.2, 0.25) is 5.02 Å². The molecule has 2 unspecified atom stereocenters. The van der Waals surface area contributed by atoms with Crippen molar-refractivity contribution in [1.29, 1.82) is 0 Å². The van der Waals surface area contributed by atoms with Gasteiger partial charge < -0.3 is 25.6 Å². The minimum absolute atomic E-state index is 0.0730. The fourth-order valence-corrected chi connectivity index (χ4v) is 9.68. The van der Waals surface area contributed by atoms with Crippen LogP contribution in [0.1, 0.15) is 66.1 Å². The van der Waals surface area contributed by atoms with Crippen LogP contribution in [0.5, 0.6) is 0 Å². The van der Waals surface area contributed by atoms with Crippen LogP contribution in [-0.2, 0) is 75.4 Å². The zero-order valence-corrected chi connectivity index (χ0v) is 42.4. The van der Waals surface area contributed by atoms with Gasteiger partial charge in [-0.1, -0.05) is 23.6 Å². The van der Waals surface area contributed by atoms with Crippen molar-refractivity contribution in [1.82, 2.24) is 35.2 Å². The van der Waals surface area contributed by atoms with E-state index >= 15 is 8.78 Å². The molecule has 5 aromatic rings. The summed E-state index contributed by atoms with van der Waals surface area (Å²) in [4.78, 5) is 67.1. The van der Waals surface area contributed by atoms with Crippen LogP contribution in [0, 0.1) is 29.4 Å². The molecule has 2 aromatic carbocycles. The van der Waals surface area contributed by atoms with Gasteiger partial charge in [-0.25, -0.2) is 49.8 Å². The number of benzene rings is 2. The third-order valence-corrected chi connectivity index (χ3v) is 15.4. The Balaban J connectivity index is 1.47. The number of fused-ring (bicyclic) bond motifs is 4. The average Bonchev–Trinajstić information content (AvgIpc) is 4.07. The number of aromatic nitrogens is 5. The summed E-state index contributed by atoms with van der Waals surface area (Å²) >= 11 is 6.57. The lowest BCUT2D eigenvalue weighted by Gasteiger charge is -2.23. The molecular formula is C45H37ClF10N8O12S2. The lowest BCUT2D eigenvalue weighted by molar-refractivity contribution is -0.165. The smallest absolute Gasteiger partial charge is 0.435 e. The minimum atomic E-state index is -5.29. The first-order valence-electron chi connectivity index (χ1n) is 22.0. The average molecular weight is 1170 g/mol. The second-order valence-electron chi connectivity index (χ2n) is 18.3. The molecular weight excluding hydrogens is 1130 g/mol. The summed E-state index contributed by atoms with van der Waals surface area (Å²) < 4.78 is 202. The zero-order valence-electron chi connectivity index (χ0n) is 40.0. The van der Waals surface area contributed by atoms with E-state index in [2.05, 4.69) is 37.1 Å². The number of nitrogens with one attached hydrogen (secondary N) is 2. The van der Waals surface area contributed by atoms with Crippen molar-refractivity contribution in [2.75, 3.05) is 23.4 Å². The number of ether oxygens (including phenoxy) is 1. The fourth-order valence-electron chi connectivity index (χ4n) is 8.41. The molecule has 3 amide bonds. The van der Waals surface area contributed by atoms with Crippen LogP contribution in [0.4, 0.5) is 54.5 Å². The van der Waals surface area contributed by atoms with Gasteiger partial charge in [0.2, 0.25) is 15.9 Å². The minimum Gasteiger partial charge on any atom is -0.480 e. The maximum Gasteiger partial charge on any atom is 0.435 e. The first-order valence-corrected chi connectivity index (χ1v) is 26.2. The van der Waals surface area contributed by atoms with Crippen LogP contribution in [-0.4, -0.2) is 118 Å². The van der Waals surface area contributed by atoms with Gasteiger partial charge >= 0.3 is 36.3 Å². The zero-order chi connectivity index (χ0) is 58.2. The molecule has 0 aliphatic heterocycles. The monoisotopic (exact) mass is 1170 g/mol. The van der Waals surface area contributed by atoms with Crippen LogP contribution in [0.25, 0.3) is 22.0 Å². The van der Waals surface area contributed by atoms with Crippen molar-refractivity contribution < 1.29 is 99.7 Å². The van der Waals surface area contributed by atoms with Crippen LogP contribution in [0.15, 0.2) is 42.5 Å². The summed E-state index contributed by atoms with van der Waals surface area (Å²) in [6.45, 7) is -2.62. The van der Waals surface area contributed by atoms with Crippen molar-refractivity contribution in [2.45, 2.75) is 80.8 Å². The molecule has 0 radical (unpaired) electrons. The maximum absolute atomic E-state index is 15.6. The van der Waals surface area contributed by atoms with Gasteiger partial charge in [-0.3, -0.25) is 14.2 Å². The molecule has 2 aliphatic rings. The van der Waals surface area contributed by atoms with Crippen LogP contribution >= 0.6 is 11.6 Å². The number of carbonyl (C=O) groups excluding carboxylic acids is 3. The van der Waals surface area contributed by atoms with Crippen molar-refractivity contribution in [3.05, 3.63) is 93.0 Å². The number of sulfonamides is 1. The molecule has 78 heavy (non-hydrogen) atoms. The van der Waals surface area contributed by atoms with E-state index in [0.717, 1.165) is 42.7 Å². The molecule has 0 bridgehead atoms. The van der Waals surface area contributed by atoms with Gasteiger partial charge in [-0.05, 0) is 74.4 Å². The Morgan fingerprint density at radius 3 is 2.12 bits per heavy atom. The van der Waals surface area contributed by atoms with E-state index in [-0.39, 0.29) is 25.7 Å². The van der Waals surface area contributed by atoms with Crippen molar-refractivity contribution in [2.24, 2.45) is 5.92 Å². The highest BCUT2D eigenvalue weighted by molar-refractivity contribution is 7.93. The molecule has 20 nitrogen and oxygen atoms in total. The van der Waals surface area contributed by atoms with E-state index in [1.54, 1.807) is 5.32 Å². The highest BCUT2D eigenvalue weighted by Gasteiger charge is 2.68. The molecule has 3 heterocycles. The summed E-state index contributed by atoms with van der Waals surface area (Å²) in [6, 6.07) is -0.478. The van der Waals surface area contributed by atoms with E-state index in [1.165, 1.54) is 13.8 Å². The number of pyridine rings is 1. The highest BCUT2D eigenvalue weighted by Crippen LogP contribution is 2.68. The molecule has 1 fully saturated rings. The van der Waals surface area contributed by atoms with Crippen LogP contribution in [0.3, 0.4) is 0 Å². The lowest BCUT2D eigenvalue weighted by atomic mass is 9.93. The van der Waals surface area contributed by atoms with Gasteiger partial charge in [0.15, 0.2) is 27.4 Å². The summed E-state index contributed by atoms with van der Waals surface area (Å²) in [5, 5.41) is 28.1. The molecule has 2 aliphatic carbocycles. The molecule has 4 atom stereocenters. The van der Waals surface area contributed by atoms with E-state index in [0.29, 0.717) is 12.3 Å². The number of nitrogens with zero attached hydrogens (tertiary/aromatic N) is 6. The number of amides is 3. The number of sulfone groups is 1. The molecule has 3 aromatic heterocycles. The third-order valence-electron chi connectivity index (χ3n) is 12.2. The molecule has 0 spiro atoms. The highest BCUT2D eigenvalue weighted by atomic mass is 35.5. The van der Waals surface area contributed by atoms with Gasteiger partial charge in [-0.2, -0.15) is 49.6 Å². The Kier molecular flexibility index (Phi) is 15.2. The van der Waals surface area contributed by atoms with E-state index in [1.807, 2.05) is 0 Å². The molecule has 418 valence electrons. The number of esters is 1. The number of halogens is 11. The number of hydrogen-bond donors (Lipinski definition) is 4. The number of carboxylic acids is 2. The maximum atomic E-state index is 15.6. The van der Waals surface area contributed by atoms with Crippen molar-refractivity contribution in [3.8, 4) is 23.0 Å². The van der Waals surface area contributed by atoms with Gasteiger partial charge in [0, 0.05) is 34.9 Å². The predicted molar refractivity (Wildman–Crippen MR) is 249 cm³/mol. The number of urea groups is 1. The number of carbonyl (C=O) groups is 5. The van der Waals surface area contributed by atoms with Gasteiger partial charge in [-0.15, -0.1) is 0 Å². The Labute approximate surface area is 437 Å². The second kappa shape index (κ2) is 20.4. The first kappa shape index (κ1) is 58.2. The number of anilines is 1. The van der Waals surface area contributed by atoms with Crippen molar-refractivity contribution in [3.63, 3.8) is 0 Å². The van der Waals surface area contributed by atoms with Gasteiger partial charge in [0.25, 0.3) is 5.92 Å². The van der Waals surface area contributed by atoms with Crippen molar-refractivity contribution >= 4 is 78.0 Å². The lowest BCUT2D eigenvalue weighted by Crippen LogP contribution is -2.52. The number of alkyl halides is 8. The third kappa shape index (κ3) is 12.0. The Bertz CT molecular complexity index is 3630. The summed E-state index contributed by atoms with van der Waals surface area (Å²) in [7, 11) is -9.17. The van der Waals surface area contributed by atoms with Gasteiger partial charge in [0.1, 0.15) is 47.5 Å². The molecule has 1 saturated carbocycles. The number of carboxylic acid groups (broad SMARTS) is 2.